The van der Waals surface area contributed by atoms with Crippen LogP contribution in [0.3, 0.4) is 0 Å². The molecule has 0 aliphatic rings. The fraction of sp³-hybridized carbons (Fsp3) is 0.0417. The summed E-state index contributed by atoms with van der Waals surface area (Å²) >= 11 is 0. The van der Waals surface area contributed by atoms with Crippen molar-refractivity contribution in [1.29, 1.82) is 0 Å². The zero-order chi connectivity index (χ0) is 20.4. The summed E-state index contributed by atoms with van der Waals surface area (Å²) in [7, 11) is 0. The van der Waals surface area contributed by atoms with E-state index in [0.29, 0.717) is 11.1 Å². The highest BCUT2D eigenvalue weighted by atomic mass is 19.4. The smallest absolute Gasteiger partial charge is 0.242 e. The van der Waals surface area contributed by atoms with Gasteiger partial charge in [0.15, 0.2) is 5.69 Å². The second-order valence-corrected chi connectivity index (χ2v) is 6.35. The van der Waals surface area contributed by atoms with E-state index in [-0.39, 0.29) is 22.0 Å². The molecule has 0 unspecified atom stereocenters. The first kappa shape index (κ1) is 18.7. The van der Waals surface area contributed by atoms with Gasteiger partial charge in [0.25, 0.3) is 0 Å². The molecule has 5 heteroatoms. The number of rotatable bonds is 1. The Labute approximate surface area is 164 Å². The van der Waals surface area contributed by atoms with Crippen LogP contribution < -0.4 is 0 Å². The van der Waals surface area contributed by atoms with Crippen LogP contribution in [0.4, 0.5) is 17.6 Å². The summed E-state index contributed by atoms with van der Waals surface area (Å²) in [4.78, 5) is 3.79. The van der Waals surface area contributed by atoms with Gasteiger partial charge >= 0.3 is 6.18 Å². The van der Waals surface area contributed by atoms with Gasteiger partial charge in [0.1, 0.15) is 5.82 Å². The van der Waals surface area contributed by atoms with Gasteiger partial charge < -0.3 is 0 Å². The minimum atomic E-state index is -4.72. The first-order valence-corrected chi connectivity index (χ1v) is 8.76. The predicted molar refractivity (Wildman–Crippen MR) is 105 cm³/mol. The van der Waals surface area contributed by atoms with E-state index in [0.717, 1.165) is 6.07 Å². The topological polar surface area (TPSA) is 12.9 Å². The zero-order valence-electron chi connectivity index (χ0n) is 15.0. The maximum Gasteiger partial charge on any atom is 0.434 e. The summed E-state index contributed by atoms with van der Waals surface area (Å²) in [6.07, 6.45) is -4.72. The van der Waals surface area contributed by atoms with Gasteiger partial charge in [-0.2, -0.15) is 13.2 Å². The minimum Gasteiger partial charge on any atom is -0.242 e. The van der Waals surface area contributed by atoms with Crippen LogP contribution in [0.2, 0.25) is 0 Å². The summed E-state index contributed by atoms with van der Waals surface area (Å²) in [6.45, 7) is 0. The van der Waals surface area contributed by atoms with E-state index in [1.807, 2.05) is 0 Å². The number of aromatic nitrogens is 1. The molecule has 0 aliphatic heterocycles. The van der Waals surface area contributed by atoms with Gasteiger partial charge in [-0.25, -0.2) is 9.37 Å². The number of pyridine rings is 1. The Morgan fingerprint density at radius 3 is 2.07 bits per heavy atom. The van der Waals surface area contributed by atoms with E-state index in [4.69, 9.17) is 0 Å². The summed E-state index contributed by atoms with van der Waals surface area (Å²) in [6, 6.07) is 20.8. The third kappa shape index (κ3) is 3.83. The fourth-order valence-electron chi connectivity index (χ4n) is 3.12. The Morgan fingerprint density at radius 2 is 1.41 bits per heavy atom. The zero-order valence-corrected chi connectivity index (χ0v) is 15.0. The van der Waals surface area contributed by atoms with Crippen molar-refractivity contribution in [3.63, 3.8) is 0 Å². The molecule has 0 aliphatic carbocycles. The predicted octanol–water partition coefficient (Wildman–Crippen LogP) is 6.46. The Morgan fingerprint density at radius 1 is 0.759 bits per heavy atom. The van der Waals surface area contributed by atoms with Gasteiger partial charge in [-0.1, -0.05) is 60.4 Å². The fourth-order valence-corrected chi connectivity index (χ4v) is 3.12. The maximum atomic E-state index is 14.0. The van der Waals surface area contributed by atoms with Crippen molar-refractivity contribution in [3.8, 4) is 23.0 Å². The summed E-state index contributed by atoms with van der Waals surface area (Å²) in [5, 5.41) is 0.279. The van der Waals surface area contributed by atoms with E-state index in [1.165, 1.54) is 12.1 Å². The van der Waals surface area contributed by atoms with Gasteiger partial charge in [-0.15, -0.1) is 0 Å². The molecule has 0 fully saturated rings. The molecule has 4 rings (SSSR count). The van der Waals surface area contributed by atoms with Crippen LogP contribution in [-0.2, 0) is 6.18 Å². The van der Waals surface area contributed by atoms with E-state index in [2.05, 4.69) is 16.8 Å². The van der Waals surface area contributed by atoms with Gasteiger partial charge in [0, 0.05) is 16.5 Å². The lowest BCUT2D eigenvalue weighted by Gasteiger charge is -2.16. The van der Waals surface area contributed by atoms with Gasteiger partial charge in [0.05, 0.1) is 11.1 Å². The molecule has 0 radical (unpaired) electrons. The summed E-state index contributed by atoms with van der Waals surface area (Å²) < 4.78 is 55.6. The lowest BCUT2D eigenvalue weighted by atomic mass is 9.93. The maximum absolute atomic E-state index is 14.0. The van der Waals surface area contributed by atoms with Crippen molar-refractivity contribution in [2.75, 3.05) is 0 Å². The molecule has 0 atom stereocenters. The molecule has 0 spiro atoms. The molecule has 3 aromatic carbocycles. The van der Waals surface area contributed by atoms with Crippen LogP contribution in [-0.4, -0.2) is 4.98 Å². The van der Waals surface area contributed by atoms with Crippen LogP contribution in [0, 0.1) is 17.7 Å². The first-order chi connectivity index (χ1) is 13.9. The molecule has 0 saturated carbocycles. The molecule has 0 saturated heterocycles. The Balaban J connectivity index is 2.12. The second kappa shape index (κ2) is 7.40. The van der Waals surface area contributed by atoms with Crippen LogP contribution >= 0.6 is 0 Å². The number of fused-ring (bicyclic) bond motifs is 1. The highest BCUT2D eigenvalue weighted by Gasteiger charge is 2.37. The highest BCUT2D eigenvalue weighted by molar-refractivity contribution is 5.98. The molecule has 0 bridgehead atoms. The van der Waals surface area contributed by atoms with Gasteiger partial charge in [-0.3, -0.25) is 0 Å². The Bertz CT molecular complexity index is 1230. The Kier molecular flexibility index (Phi) is 4.77. The lowest BCUT2D eigenvalue weighted by molar-refractivity contribution is -0.141. The molecule has 0 amide bonds. The van der Waals surface area contributed by atoms with Gasteiger partial charge in [0.2, 0.25) is 0 Å². The van der Waals surface area contributed by atoms with Crippen molar-refractivity contribution in [1.82, 2.24) is 4.98 Å². The van der Waals surface area contributed by atoms with E-state index in [9.17, 15) is 17.6 Å². The van der Waals surface area contributed by atoms with Crippen molar-refractivity contribution in [3.05, 3.63) is 102 Å². The molecule has 0 N–H and O–H groups in total. The highest BCUT2D eigenvalue weighted by Crippen LogP contribution is 2.39. The molecule has 1 aromatic heterocycles. The van der Waals surface area contributed by atoms with E-state index in [1.54, 1.807) is 60.7 Å². The average molecular weight is 391 g/mol. The minimum absolute atomic E-state index is 0.0582. The molecular weight excluding hydrogens is 378 g/mol. The van der Waals surface area contributed by atoms with Crippen LogP contribution in [0.5, 0.6) is 0 Å². The van der Waals surface area contributed by atoms with Gasteiger partial charge in [-0.05, 0) is 35.9 Å². The number of hydrogen-bond donors (Lipinski definition) is 0. The van der Waals surface area contributed by atoms with Crippen LogP contribution in [0.25, 0.3) is 22.0 Å². The van der Waals surface area contributed by atoms with Crippen molar-refractivity contribution in [2.24, 2.45) is 0 Å². The number of benzene rings is 3. The monoisotopic (exact) mass is 391 g/mol. The summed E-state index contributed by atoms with van der Waals surface area (Å²) in [5.74, 6) is 4.88. The number of hydrogen-bond acceptors (Lipinski definition) is 1. The van der Waals surface area contributed by atoms with Crippen molar-refractivity contribution < 1.29 is 17.6 Å². The quantitative estimate of drug-likeness (QED) is 0.268. The molecule has 4 aromatic rings. The normalized spacial score (nSPS) is 11.2. The summed E-state index contributed by atoms with van der Waals surface area (Å²) in [5.41, 5.74) is -0.00872. The second-order valence-electron chi connectivity index (χ2n) is 6.35. The van der Waals surface area contributed by atoms with E-state index >= 15 is 0 Å². The lowest BCUT2D eigenvalue weighted by Crippen LogP contribution is -2.12. The average Bonchev–Trinajstić information content (AvgIpc) is 2.72. The molecule has 1 nitrogen and oxygen atoms in total. The number of alkyl halides is 3. The third-order valence-electron chi connectivity index (χ3n) is 4.38. The Hall–Kier alpha value is -3.65. The first-order valence-electron chi connectivity index (χ1n) is 8.76. The molecule has 29 heavy (non-hydrogen) atoms. The van der Waals surface area contributed by atoms with Crippen molar-refractivity contribution >= 4 is 10.9 Å². The SMILES string of the molecule is Fc1ccc2nc(C(F)(F)F)c(C#Cc3ccccc3)c(-c3ccccc3)c2c1. The number of nitrogens with zero attached hydrogens (tertiary/aromatic N) is 1. The third-order valence-corrected chi connectivity index (χ3v) is 4.38. The van der Waals surface area contributed by atoms with Crippen LogP contribution in [0.15, 0.2) is 78.9 Å². The number of halogens is 4. The van der Waals surface area contributed by atoms with E-state index < -0.39 is 17.7 Å². The molecular formula is C24H13F4N. The van der Waals surface area contributed by atoms with Crippen molar-refractivity contribution in [2.45, 2.75) is 6.18 Å². The van der Waals surface area contributed by atoms with Crippen LogP contribution in [0.1, 0.15) is 16.8 Å². The molecule has 1 heterocycles. The molecule has 142 valence electrons. The largest absolute Gasteiger partial charge is 0.434 e. The standard InChI is InChI=1S/C24H13F4N/c25-18-12-14-21-20(15-18)22(17-9-5-2-6-10-17)19(23(29-21)24(26,27)28)13-11-16-7-3-1-4-8-16/h1-10,12,14-15H.